The number of unbranched alkanes of at least 4 members (excludes halogenated alkanes) is 23. The van der Waals surface area contributed by atoms with E-state index in [1.165, 1.54) is 148 Å². The van der Waals surface area contributed by atoms with Crippen LogP contribution in [0.1, 0.15) is 181 Å². The molecule has 0 aliphatic rings. The van der Waals surface area contributed by atoms with E-state index < -0.39 is 6.29 Å². The molecule has 1 atom stereocenters. The number of ether oxygens (including phenoxy) is 1. The number of hydrogen-bond donors (Lipinski definition) is 1. The Kier molecular flexibility index (Phi) is 28.9. The van der Waals surface area contributed by atoms with E-state index in [9.17, 15) is 5.11 Å². The number of aliphatic hydroxyl groups excluding tert-OH is 1. The highest BCUT2D eigenvalue weighted by atomic mass is 16.6. The summed E-state index contributed by atoms with van der Waals surface area (Å²) in [5.74, 6) is 0. The van der Waals surface area contributed by atoms with E-state index in [0.717, 1.165) is 25.9 Å². The zero-order valence-corrected chi connectivity index (χ0v) is 22.5. The van der Waals surface area contributed by atoms with Crippen molar-refractivity contribution in [3.8, 4) is 0 Å². The van der Waals surface area contributed by atoms with Gasteiger partial charge in [-0.2, -0.15) is 0 Å². The first-order chi connectivity index (χ1) is 15.8. The van der Waals surface area contributed by atoms with Crippen molar-refractivity contribution in [3.63, 3.8) is 0 Å². The number of aliphatic hydroxyl groups is 1. The van der Waals surface area contributed by atoms with E-state index in [0.29, 0.717) is 0 Å². The maximum absolute atomic E-state index is 9.98. The Morgan fingerprint density at radius 2 is 0.688 bits per heavy atom. The molecule has 1 unspecified atom stereocenters. The molecule has 0 amide bonds. The zero-order valence-electron chi connectivity index (χ0n) is 22.5. The minimum absolute atomic E-state index is 0.532. The lowest BCUT2D eigenvalue weighted by Gasteiger charge is -2.12. The van der Waals surface area contributed by atoms with E-state index in [2.05, 4.69) is 13.8 Å². The van der Waals surface area contributed by atoms with Gasteiger partial charge in [0.05, 0.1) is 0 Å². The summed E-state index contributed by atoms with van der Waals surface area (Å²) in [6, 6.07) is 0. The van der Waals surface area contributed by atoms with Crippen molar-refractivity contribution in [2.75, 3.05) is 6.61 Å². The smallest absolute Gasteiger partial charge is 0.154 e. The van der Waals surface area contributed by atoms with Crippen molar-refractivity contribution in [1.29, 1.82) is 0 Å². The normalized spacial score (nSPS) is 12.5. The van der Waals surface area contributed by atoms with Gasteiger partial charge in [-0.15, -0.1) is 0 Å². The highest BCUT2D eigenvalue weighted by molar-refractivity contribution is 4.52. The van der Waals surface area contributed by atoms with E-state index in [4.69, 9.17) is 4.74 Å². The maximum Gasteiger partial charge on any atom is 0.154 e. The molecule has 0 rings (SSSR count). The quantitative estimate of drug-likeness (QED) is 0.0940. The standard InChI is InChI=1S/C30H62O2/c1-3-5-7-9-11-13-15-17-18-20-22-24-26-28-30(31)32-29-27-25-23-21-19-16-14-12-10-8-6-4-2/h30-31H,3-29H2,1-2H3. The fraction of sp³-hybridized carbons (Fsp3) is 1.00. The van der Waals surface area contributed by atoms with Crippen molar-refractivity contribution < 1.29 is 9.84 Å². The highest BCUT2D eigenvalue weighted by Crippen LogP contribution is 2.14. The minimum Gasteiger partial charge on any atom is -0.368 e. The van der Waals surface area contributed by atoms with Gasteiger partial charge in [0.15, 0.2) is 6.29 Å². The van der Waals surface area contributed by atoms with Crippen LogP contribution in [-0.2, 0) is 4.74 Å². The molecule has 0 fully saturated rings. The summed E-state index contributed by atoms with van der Waals surface area (Å²) in [4.78, 5) is 0. The molecule has 0 aromatic rings. The van der Waals surface area contributed by atoms with Gasteiger partial charge in [0, 0.05) is 6.61 Å². The molecule has 2 heteroatoms. The largest absolute Gasteiger partial charge is 0.368 e. The van der Waals surface area contributed by atoms with Crippen molar-refractivity contribution in [1.82, 2.24) is 0 Å². The van der Waals surface area contributed by atoms with Crippen LogP contribution in [0.2, 0.25) is 0 Å². The molecular formula is C30H62O2. The lowest BCUT2D eigenvalue weighted by Crippen LogP contribution is -2.12. The molecule has 194 valence electrons. The van der Waals surface area contributed by atoms with Crippen molar-refractivity contribution in [2.45, 2.75) is 187 Å². The molecule has 0 radical (unpaired) electrons. The lowest BCUT2D eigenvalue weighted by molar-refractivity contribution is -0.105. The van der Waals surface area contributed by atoms with Crippen LogP contribution in [0.3, 0.4) is 0 Å². The van der Waals surface area contributed by atoms with Gasteiger partial charge in [-0.3, -0.25) is 0 Å². The predicted octanol–water partition coefficient (Wildman–Crippen LogP) is 10.5. The molecule has 0 saturated carbocycles. The number of rotatable bonds is 28. The third kappa shape index (κ3) is 28.0. The average Bonchev–Trinajstić information content (AvgIpc) is 2.80. The summed E-state index contributed by atoms with van der Waals surface area (Å²) in [5, 5.41) is 9.98. The molecule has 0 aliphatic carbocycles. The second-order valence-electron chi connectivity index (χ2n) is 10.2. The molecule has 0 aliphatic heterocycles. The Labute approximate surface area is 203 Å². The topological polar surface area (TPSA) is 29.5 Å². The van der Waals surface area contributed by atoms with Gasteiger partial charge in [-0.25, -0.2) is 0 Å². The Balaban J connectivity index is 3.13. The van der Waals surface area contributed by atoms with Gasteiger partial charge in [0.1, 0.15) is 0 Å². The second-order valence-corrected chi connectivity index (χ2v) is 10.2. The molecule has 0 heterocycles. The van der Waals surface area contributed by atoms with E-state index >= 15 is 0 Å². The summed E-state index contributed by atoms with van der Waals surface area (Å²) in [6.45, 7) is 5.30. The Morgan fingerprint density at radius 1 is 0.406 bits per heavy atom. The molecule has 0 aromatic carbocycles. The molecule has 0 spiro atoms. The van der Waals surface area contributed by atoms with E-state index in [1.807, 2.05) is 0 Å². The highest BCUT2D eigenvalue weighted by Gasteiger charge is 2.03. The fourth-order valence-corrected chi connectivity index (χ4v) is 4.58. The Bertz CT molecular complexity index is 288. The summed E-state index contributed by atoms with van der Waals surface area (Å²) >= 11 is 0. The average molecular weight is 455 g/mol. The van der Waals surface area contributed by atoms with Gasteiger partial charge in [0.2, 0.25) is 0 Å². The minimum atomic E-state index is -0.532. The molecule has 2 nitrogen and oxygen atoms in total. The maximum atomic E-state index is 9.98. The van der Waals surface area contributed by atoms with Crippen LogP contribution in [0.25, 0.3) is 0 Å². The summed E-state index contributed by atoms with van der Waals surface area (Å²) in [6.07, 6.45) is 34.5. The van der Waals surface area contributed by atoms with Gasteiger partial charge >= 0.3 is 0 Å². The van der Waals surface area contributed by atoms with Gasteiger partial charge in [-0.05, 0) is 19.3 Å². The van der Waals surface area contributed by atoms with Crippen molar-refractivity contribution in [3.05, 3.63) is 0 Å². The first-order valence-electron chi connectivity index (χ1n) is 15.1. The molecule has 0 aromatic heterocycles. The molecule has 0 bridgehead atoms. The summed E-state index contributed by atoms with van der Waals surface area (Å²) < 4.78 is 5.60. The van der Waals surface area contributed by atoms with Gasteiger partial charge in [0.25, 0.3) is 0 Å². The van der Waals surface area contributed by atoms with Crippen LogP contribution >= 0.6 is 0 Å². The van der Waals surface area contributed by atoms with Crippen LogP contribution in [0.15, 0.2) is 0 Å². The van der Waals surface area contributed by atoms with Crippen LogP contribution in [-0.4, -0.2) is 18.0 Å². The lowest BCUT2D eigenvalue weighted by atomic mass is 10.0. The first kappa shape index (κ1) is 31.9. The SMILES string of the molecule is CCCCCCCCCCCCCCCC(O)OCCCCCCCCCCCCCC. The molecule has 1 N–H and O–H groups in total. The first-order valence-corrected chi connectivity index (χ1v) is 15.1. The monoisotopic (exact) mass is 454 g/mol. The van der Waals surface area contributed by atoms with Crippen molar-refractivity contribution >= 4 is 0 Å². The van der Waals surface area contributed by atoms with Crippen LogP contribution in [0, 0.1) is 0 Å². The molecule has 32 heavy (non-hydrogen) atoms. The summed E-state index contributed by atoms with van der Waals surface area (Å²) in [5.41, 5.74) is 0. The van der Waals surface area contributed by atoms with Crippen LogP contribution < -0.4 is 0 Å². The third-order valence-electron chi connectivity index (χ3n) is 6.86. The molecular weight excluding hydrogens is 392 g/mol. The summed E-state index contributed by atoms with van der Waals surface area (Å²) in [7, 11) is 0. The Hall–Kier alpha value is -0.0800. The number of hydrogen-bond acceptors (Lipinski definition) is 2. The van der Waals surface area contributed by atoms with Crippen LogP contribution in [0.5, 0.6) is 0 Å². The van der Waals surface area contributed by atoms with Gasteiger partial charge in [-0.1, -0.05) is 162 Å². The third-order valence-corrected chi connectivity index (χ3v) is 6.86. The predicted molar refractivity (Wildman–Crippen MR) is 143 cm³/mol. The zero-order chi connectivity index (χ0) is 23.4. The Morgan fingerprint density at radius 3 is 1.03 bits per heavy atom. The second kappa shape index (κ2) is 29.0. The fourth-order valence-electron chi connectivity index (χ4n) is 4.58. The molecule has 0 saturated heterocycles. The van der Waals surface area contributed by atoms with Gasteiger partial charge < -0.3 is 9.84 Å². The van der Waals surface area contributed by atoms with Crippen molar-refractivity contribution in [2.24, 2.45) is 0 Å². The van der Waals surface area contributed by atoms with E-state index in [-0.39, 0.29) is 0 Å². The van der Waals surface area contributed by atoms with E-state index in [1.54, 1.807) is 0 Å². The van der Waals surface area contributed by atoms with Crippen LogP contribution in [0.4, 0.5) is 0 Å².